The van der Waals surface area contributed by atoms with Gasteiger partial charge in [-0.05, 0) is 38.1 Å². The molecular weight excluding hydrogens is 241 g/mol. The minimum absolute atomic E-state index is 0.253. The predicted octanol–water partition coefficient (Wildman–Crippen LogP) is 2.79. The highest BCUT2D eigenvalue weighted by Crippen LogP contribution is 2.13. The van der Waals surface area contributed by atoms with E-state index in [-0.39, 0.29) is 12.4 Å². The van der Waals surface area contributed by atoms with Crippen LogP contribution in [0.4, 0.5) is 4.39 Å². The Morgan fingerprint density at radius 2 is 2.16 bits per heavy atom. The van der Waals surface area contributed by atoms with E-state index in [0.717, 1.165) is 24.9 Å². The number of aliphatic hydroxyl groups excluding tert-OH is 1. The fourth-order valence-corrected chi connectivity index (χ4v) is 1.98. The van der Waals surface area contributed by atoms with Crippen molar-refractivity contribution in [1.29, 1.82) is 0 Å². The Morgan fingerprint density at radius 1 is 1.42 bits per heavy atom. The summed E-state index contributed by atoms with van der Waals surface area (Å²) < 4.78 is 13.5. The molecule has 2 nitrogen and oxygen atoms in total. The molecule has 0 fully saturated rings. The van der Waals surface area contributed by atoms with Crippen LogP contribution in [0.15, 0.2) is 18.2 Å². The van der Waals surface area contributed by atoms with E-state index in [0.29, 0.717) is 11.6 Å². The molecule has 0 saturated carbocycles. The smallest absolute Gasteiger partial charge is 0.138 e. The topological polar surface area (TPSA) is 23.5 Å². The Balaban J connectivity index is 2.79. The van der Waals surface area contributed by atoms with E-state index in [2.05, 4.69) is 37.6 Å². The molecule has 0 bridgehead atoms. The van der Waals surface area contributed by atoms with Crippen LogP contribution in [-0.4, -0.2) is 29.7 Å². The molecule has 1 atom stereocenters. The Bertz CT molecular complexity index is 462. The van der Waals surface area contributed by atoms with Crippen LogP contribution in [0.25, 0.3) is 0 Å². The van der Waals surface area contributed by atoms with Crippen molar-refractivity contribution in [1.82, 2.24) is 4.90 Å². The van der Waals surface area contributed by atoms with Crippen LogP contribution in [0, 0.1) is 17.7 Å². The zero-order valence-corrected chi connectivity index (χ0v) is 11.9. The minimum atomic E-state index is -0.339. The van der Waals surface area contributed by atoms with Crippen molar-refractivity contribution in [3.05, 3.63) is 35.1 Å². The molecule has 0 radical (unpaired) electrons. The first-order valence-electron chi connectivity index (χ1n) is 6.66. The van der Waals surface area contributed by atoms with Crippen molar-refractivity contribution in [2.75, 3.05) is 13.7 Å². The zero-order chi connectivity index (χ0) is 14.3. The Kier molecular flexibility index (Phi) is 6.55. The molecule has 0 aliphatic heterocycles. The van der Waals surface area contributed by atoms with E-state index in [1.807, 2.05) is 0 Å². The lowest BCUT2D eigenvalue weighted by Crippen LogP contribution is -2.28. The third-order valence-electron chi connectivity index (χ3n) is 3.22. The van der Waals surface area contributed by atoms with Crippen LogP contribution in [-0.2, 0) is 6.54 Å². The number of hydrogen-bond donors (Lipinski definition) is 1. The normalized spacial score (nSPS) is 12.1. The SMILES string of the molecule is CCCC(C)N(C)Cc1ccc(F)c(C#CCO)c1. The van der Waals surface area contributed by atoms with Crippen molar-refractivity contribution in [2.24, 2.45) is 0 Å². The Morgan fingerprint density at radius 3 is 2.79 bits per heavy atom. The molecule has 0 spiro atoms. The summed E-state index contributed by atoms with van der Waals surface area (Å²) in [5.74, 6) is 4.78. The fourth-order valence-electron chi connectivity index (χ4n) is 1.98. The molecule has 1 aromatic carbocycles. The van der Waals surface area contributed by atoms with Crippen LogP contribution < -0.4 is 0 Å². The summed E-state index contributed by atoms with van der Waals surface area (Å²) >= 11 is 0. The minimum Gasteiger partial charge on any atom is -0.384 e. The molecule has 3 heteroatoms. The highest BCUT2D eigenvalue weighted by molar-refractivity contribution is 5.38. The van der Waals surface area contributed by atoms with Gasteiger partial charge >= 0.3 is 0 Å². The third-order valence-corrected chi connectivity index (χ3v) is 3.22. The first kappa shape index (κ1) is 15.7. The van der Waals surface area contributed by atoms with E-state index in [1.165, 1.54) is 6.07 Å². The molecule has 19 heavy (non-hydrogen) atoms. The molecule has 0 saturated heterocycles. The first-order chi connectivity index (χ1) is 9.08. The number of halogens is 1. The van der Waals surface area contributed by atoms with Gasteiger partial charge in [0.2, 0.25) is 0 Å². The second-order valence-electron chi connectivity index (χ2n) is 4.83. The van der Waals surface area contributed by atoms with Gasteiger partial charge in [-0.2, -0.15) is 0 Å². The lowest BCUT2D eigenvalue weighted by molar-refractivity contribution is 0.237. The Labute approximate surface area is 115 Å². The quantitative estimate of drug-likeness (QED) is 0.826. The third kappa shape index (κ3) is 5.02. The number of rotatable bonds is 5. The number of aliphatic hydroxyl groups is 1. The van der Waals surface area contributed by atoms with Crippen molar-refractivity contribution in [3.63, 3.8) is 0 Å². The monoisotopic (exact) mass is 263 g/mol. The average molecular weight is 263 g/mol. The standard InChI is InChI=1S/C16H22FNO/c1-4-6-13(2)18(3)12-14-8-9-16(17)15(11-14)7-5-10-19/h8-9,11,13,19H,4,6,10,12H2,1-3H3. The van der Waals surface area contributed by atoms with E-state index in [1.54, 1.807) is 12.1 Å². The summed E-state index contributed by atoms with van der Waals surface area (Å²) in [7, 11) is 2.07. The van der Waals surface area contributed by atoms with E-state index < -0.39 is 0 Å². The number of hydrogen-bond acceptors (Lipinski definition) is 2. The van der Waals surface area contributed by atoms with Gasteiger partial charge < -0.3 is 5.11 Å². The van der Waals surface area contributed by atoms with Crippen LogP contribution in [0.5, 0.6) is 0 Å². The van der Waals surface area contributed by atoms with Crippen LogP contribution >= 0.6 is 0 Å². The van der Waals surface area contributed by atoms with Gasteiger partial charge in [0.1, 0.15) is 12.4 Å². The number of nitrogens with zero attached hydrogens (tertiary/aromatic N) is 1. The van der Waals surface area contributed by atoms with Gasteiger partial charge in [-0.1, -0.05) is 31.3 Å². The molecule has 1 unspecified atom stereocenters. The number of benzene rings is 1. The lowest BCUT2D eigenvalue weighted by Gasteiger charge is -2.24. The fraction of sp³-hybridized carbons (Fsp3) is 0.500. The van der Waals surface area contributed by atoms with Crippen LogP contribution in [0.1, 0.15) is 37.8 Å². The Hall–Kier alpha value is -1.37. The molecule has 1 rings (SSSR count). The molecule has 1 aromatic rings. The maximum atomic E-state index is 13.5. The van der Waals surface area contributed by atoms with E-state index >= 15 is 0 Å². The summed E-state index contributed by atoms with van der Waals surface area (Å²) in [5, 5.41) is 8.66. The second-order valence-corrected chi connectivity index (χ2v) is 4.83. The van der Waals surface area contributed by atoms with Crippen molar-refractivity contribution in [2.45, 2.75) is 39.3 Å². The molecule has 0 aliphatic rings. The first-order valence-corrected chi connectivity index (χ1v) is 6.66. The molecule has 0 amide bonds. The molecule has 0 aliphatic carbocycles. The molecular formula is C16H22FNO. The molecule has 0 heterocycles. The summed E-state index contributed by atoms with van der Waals surface area (Å²) in [6.45, 7) is 4.89. The van der Waals surface area contributed by atoms with Gasteiger partial charge in [0, 0.05) is 12.6 Å². The largest absolute Gasteiger partial charge is 0.384 e. The average Bonchev–Trinajstić information content (AvgIpc) is 2.39. The van der Waals surface area contributed by atoms with Gasteiger partial charge in [-0.25, -0.2) is 4.39 Å². The van der Waals surface area contributed by atoms with Crippen molar-refractivity contribution < 1.29 is 9.50 Å². The summed E-state index contributed by atoms with van der Waals surface area (Å²) in [5.41, 5.74) is 1.39. The van der Waals surface area contributed by atoms with Gasteiger partial charge in [0.05, 0.1) is 5.56 Å². The van der Waals surface area contributed by atoms with Crippen molar-refractivity contribution in [3.8, 4) is 11.8 Å². The van der Waals surface area contributed by atoms with Crippen LogP contribution in [0.3, 0.4) is 0 Å². The lowest BCUT2D eigenvalue weighted by atomic mass is 10.1. The van der Waals surface area contributed by atoms with E-state index in [9.17, 15) is 4.39 Å². The van der Waals surface area contributed by atoms with Gasteiger partial charge in [0.15, 0.2) is 0 Å². The highest BCUT2D eigenvalue weighted by atomic mass is 19.1. The second kappa shape index (κ2) is 7.93. The zero-order valence-electron chi connectivity index (χ0n) is 11.9. The summed E-state index contributed by atoms with van der Waals surface area (Å²) in [4.78, 5) is 2.25. The molecule has 1 N–H and O–H groups in total. The highest BCUT2D eigenvalue weighted by Gasteiger charge is 2.09. The van der Waals surface area contributed by atoms with E-state index in [4.69, 9.17) is 5.11 Å². The summed E-state index contributed by atoms with van der Waals surface area (Å²) in [6.07, 6.45) is 2.30. The van der Waals surface area contributed by atoms with Gasteiger partial charge in [0.25, 0.3) is 0 Å². The molecule has 104 valence electrons. The summed E-state index contributed by atoms with van der Waals surface area (Å²) in [6, 6.07) is 5.48. The predicted molar refractivity (Wildman–Crippen MR) is 76.2 cm³/mol. The maximum Gasteiger partial charge on any atom is 0.138 e. The van der Waals surface area contributed by atoms with Gasteiger partial charge in [-0.15, -0.1) is 0 Å². The molecule has 0 aromatic heterocycles. The van der Waals surface area contributed by atoms with Gasteiger partial charge in [-0.3, -0.25) is 4.90 Å². The maximum absolute atomic E-state index is 13.5. The van der Waals surface area contributed by atoms with Crippen LogP contribution in [0.2, 0.25) is 0 Å². The van der Waals surface area contributed by atoms with Crippen molar-refractivity contribution >= 4 is 0 Å².